The summed E-state index contributed by atoms with van der Waals surface area (Å²) >= 11 is 0. The molecule has 0 amide bonds. The Labute approximate surface area is 116 Å². The number of phenols is 1. The van der Waals surface area contributed by atoms with Gasteiger partial charge in [-0.25, -0.2) is 0 Å². The summed E-state index contributed by atoms with van der Waals surface area (Å²) in [6.07, 6.45) is -1.98. The lowest BCUT2D eigenvalue weighted by Crippen LogP contribution is -2.40. The Bertz CT molecular complexity index is 492. The summed E-state index contributed by atoms with van der Waals surface area (Å²) < 4.78 is 38.1. The molecule has 1 aliphatic carbocycles. The van der Waals surface area contributed by atoms with Crippen LogP contribution >= 0.6 is 0 Å². The molecule has 1 unspecified atom stereocenters. The zero-order valence-corrected chi connectivity index (χ0v) is 11.2. The molecule has 0 radical (unpaired) electrons. The van der Waals surface area contributed by atoms with E-state index >= 15 is 0 Å². The number of rotatable bonds is 1. The highest BCUT2D eigenvalue weighted by Crippen LogP contribution is 2.42. The van der Waals surface area contributed by atoms with Crippen molar-refractivity contribution in [3.05, 3.63) is 29.3 Å². The average molecular weight is 285 g/mol. The normalized spacial score (nSPS) is 24.9. The molecule has 3 rings (SSSR count). The molecule has 2 aliphatic rings. The second-order valence-corrected chi connectivity index (χ2v) is 5.75. The lowest BCUT2D eigenvalue weighted by atomic mass is 9.94. The van der Waals surface area contributed by atoms with Crippen molar-refractivity contribution in [1.29, 1.82) is 0 Å². The topological polar surface area (TPSA) is 23.5 Å². The van der Waals surface area contributed by atoms with Gasteiger partial charge in [-0.05, 0) is 56.0 Å². The van der Waals surface area contributed by atoms with E-state index in [1.54, 1.807) is 6.07 Å². The van der Waals surface area contributed by atoms with Gasteiger partial charge < -0.3 is 5.11 Å². The molecule has 2 nitrogen and oxygen atoms in total. The maximum absolute atomic E-state index is 12.7. The van der Waals surface area contributed by atoms with E-state index in [1.807, 2.05) is 12.1 Å². The Morgan fingerprint density at radius 1 is 1.10 bits per heavy atom. The second-order valence-electron chi connectivity index (χ2n) is 5.75. The van der Waals surface area contributed by atoms with Crippen molar-refractivity contribution in [3.8, 4) is 5.75 Å². The summed E-state index contributed by atoms with van der Waals surface area (Å²) in [4.78, 5) is 2.15. The lowest BCUT2D eigenvalue weighted by Gasteiger charge is -2.37. The van der Waals surface area contributed by atoms with Gasteiger partial charge >= 0.3 is 6.18 Å². The van der Waals surface area contributed by atoms with Crippen molar-refractivity contribution < 1.29 is 18.3 Å². The highest BCUT2D eigenvalue weighted by molar-refractivity contribution is 5.44. The predicted octanol–water partition coefficient (Wildman–Crippen LogP) is 3.65. The summed E-state index contributed by atoms with van der Waals surface area (Å²) in [7, 11) is 0. The van der Waals surface area contributed by atoms with Gasteiger partial charge in [-0.2, -0.15) is 13.2 Å². The SMILES string of the molecule is Oc1cccc2c1CCC2N1CCC(C(F)(F)F)CC1. The smallest absolute Gasteiger partial charge is 0.391 e. The minimum absolute atomic E-state index is 0.172. The van der Waals surface area contributed by atoms with E-state index in [0.717, 1.165) is 24.0 Å². The standard InChI is InChI=1S/C15H18F3NO/c16-15(17,18)10-6-8-19(9-7-10)13-5-4-12-11(13)2-1-3-14(12)20/h1-3,10,13,20H,4-9H2. The minimum Gasteiger partial charge on any atom is -0.508 e. The van der Waals surface area contributed by atoms with Gasteiger partial charge in [-0.3, -0.25) is 4.90 Å². The van der Waals surface area contributed by atoms with Gasteiger partial charge in [0.2, 0.25) is 0 Å². The number of fused-ring (bicyclic) bond motifs is 1. The molecule has 1 saturated heterocycles. The van der Waals surface area contributed by atoms with Crippen LogP contribution in [0.1, 0.15) is 36.4 Å². The number of hydrogen-bond acceptors (Lipinski definition) is 2. The zero-order valence-electron chi connectivity index (χ0n) is 11.2. The molecule has 0 aromatic heterocycles. The number of halogens is 3. The molecule has 1 aromatic carbocycles. The largest absolute Gasteiger partial charge is 0.508 e. The van der Waals surface area contributed by atoms with Crippen LogP contribution in [-0.2, 0) is 6.42 Å². The Morgan fingerprint density at radius 2 is 1.80 bits per heavy atom. The Hall–Kier alpha value is -1.23. The summed E-state index contributed by atoms with van der Waals surface area (Å²) in [6, 6.07) is 5.65. The number of piperidine rings is 1. The Morgan fingerprint density at radius 3 is 2.45 bits per heavy atom. The van der Waals surface area contributed by atoms with E-state index in [4.69, 9.17) is 0 Å². The fourth-order valence-corrected chi connectivity index (χ4v) is 3.53. The van der Waals surface area contributed by atoms with Crippen molar-refractivity contribution in [3.63, 3.8) is 0 Å². The number of phenolic OH excluding ortho intramolecular Hbond substituents is 1. The van der Waals surface area contributed by atoms with Crippen LogP contribution in [0.4, 0.5) is 13.2 Å². The zero-order chi connectivity index (χ0) is 14.3. The molecule has 1 atom stereocenters. The highest BCUT2D eigenvalue weighted by Gasteiger charge is 2.42. The molecule has 1 aliphatic heterocycles. The average Bonchev–Trinajstić information content (AvgIpc) is 2.83. The van der Waals surface area contributed by atoms with Crippen molar-refractivity contribution in [2.75, 3.05) is 13.1 Å². The van der Waals surface area contributed by atoms with Crippen molar-refractivity contribution in [1.82, 2.24) is 4.90 Å². The van der Waals surface area contributed by atoms with Gasteiger partial charge in [0.15, 0.2) is 0 Å². The predicted molar refractivity (Wildman–Crippen MR) is 69.5 cm³/mol. The first-order valence-corrected chi connectivity index (χ1v) is 7.08. The van der Waals surface area contributed by atoms with Crippen LogP contribution in [0.25, 0.3) is 0 Å². The molecule has 110 valence electrons. The number of hydrogen-bond donors (Lipinski definition) is 1. The number of nitrogens with zero attached hydrogens (tertiary/aromatic N) is 1. The first-order valence-electron chi connectivity index (χ1n) is 7.08. The van der Waals surface area contributed by atoms with Crippen molar-refractivity contribution >= 4 is 0 Å². The molecular weight excluding hydrogens is 267 g/mol. The summed E-state index contributed by atoms with van der Waals surface area (Å²) in [6.45, 7) is 0.980. The third-order valence-electron chi connectivity index (χ3n) is 4.65. The van der Waals surface area contributed by atoms with Gasteiger partial charge in [0.1, 0.15) is 5.75 Å². The van der Waals surface area contributed by atoms with Gasteiger partial charge in [0, 0.05) is 6.04 Å². The number of likely N-dealkylation sites (tertiary alicyclic amines) is 1. The fraction of sp³-hybridized carbons (Fsp3) is 0.600. The van der Waals surface area contributed by atoms with E-state index in [1.165, 1.54) is 0 Å². The van der Waals surface area contributed by atoms with E-state index < -0.39 is 12.1 Å². The third kappa shape index (κ3) is 2.39. The monoisotopic (exact) mass is 285 g/mol. The van der Waals surface area contributed by atoms with Gasteiger partial charge in [-0.15, -0.1) is 0 Å². The van der Waals surface area contributed by atoms with E-state index in [-0.39, 0.29) is 18.9 Å². The summed E-state index contributed by atoms with van der Waals surface area (Å²) in [5, 5.41) is 9.83. The Kier molecular flexibility index (Phi) is 3.40. The summed E-state index contributed by atoms with van der Waals surface area (Å²) in [5.74, 6) is -0.834. The van der Waals surface area contributed by atoms with E-state index in [0.29, 0.717) is 18.8 Å². The molecular formula is C15H18F3NO. The number of alkyl halides is 3. The van der Waals surface area contributed by atoms with Crippen LogP contribution in [0.2, 0.25) is 0 Å². The van der Waals surface area contributed by atoms with Crippen LogP contribution in [0.5, 0.6) is 5.75 Å². The van der Waals surface area contributed by atoms with Crippen molar-refractivity contribution in [2.24, 2.45) is 5.92 Å². The van der Waals surface area contributed by atoms with Crippen LogP contribution in [0.3, 0.4) is 0 Å². The number of aromatic hydroxyl groups is 1. The first kappa shape index (κ1) is 13.7. The third-order valence-corrected chi connectivity index (χ3v) is 4.65. The Balaban J connectivity index is 1.71. The van der Waals surface area contributed by atoms with E-state index in [2.05, 4.69) is 4.90 Å². The maximum atomic E-state index is 12.7. The quantitative estimate of drug-likeness (QED) is 0.851. The maximum Gasteiger partial charge on any atom is 0.391 e. The fourth-order valence-electron chi connectivity index (χ4n) is 3.53. The highest BCUT2D eigenvalue weighted by atomic mass is 19.4. The first-order chi connectivity index (χ1) is 9.47. The molecule has 1 fully saturated rings. The molecule has 1 heterocycles. The number of benzene rings is 1. The molecule has 1 aromatic rings. The van der Waals surface area contributed by atoms with Gasteiger partial charge in [0.25, 0.3) is 0 Å². The second kappa shape index (κ2) is 4.95. The van der Waals surface area contributed by atoms with Crippen LogP contribution in [0.15, 0.2) is 18.2 Å². The molecule has 0 spiro atoms. The molecule has 20 heavy (non-hydrogen) atoms. The lowest BCUT2D eigenvalue weighted by molar-refractivity contribution is -0.186. The molecule has 0 saturated carbocycles. The van der Waals surface area contributed by atoms with Crippen LogP contribution in [0, 0.1) is 5.92 Å². The summed E-state index contributed by atoms with van der Waals surface area (Å²) in [5.41, 5.74) is 2.06. The van der Waals surface area contributed by atoms with Crippen LogP contribution < -0.4 is 0 Å². The molecule has 0 bridgehead atoms. The molecule has 1 N–H and O–H groups in total. The van der Waals surface area contributed by atoms with Gasteiger partial charge in [0.05, 0.1) is 5.92 Å². The van der Waals surface area contributed by atoms with Crippen LogP contribution in [-0.4, -0.2) is 29.3 Å². The molecule has 5 heteroatoms. The van der Waals surface area contributed by atoms with E-state index in [9.17, 15) is 18.3 Å². The van der Waals surface area contributed by atoms with Crippen molar-refractivity contribution in [2.45, 2.75) is 37.9 Å². The van der Waals surface area contributed by atoms with Gasteiger partial charge in [-0.1, -0.05) is 12.1 Å². The minimum atomic E-state index is -4.06.